The highest BCUT2D eigenvalue weighted by atomic mass is 16.2. The summed E-state index contributed by atoms with van der Waals surface area (Å²) in [5.74, 6) is -0.173. The van der Waals surface area contributed by atoms with Gasteiger partial charge < -0.3 is 5.32 Å². The number of hydrogen-bond donors (Lipinski definition) is 1. The maximum Gasteiger partial charge on any atom is 0.271 e. The smallest absolute Gasteiger partial charge is 0.271 e. The van der Waals surface area contributed by atoms with E-state index in [1.165, 1.54) is 61.8 Å². The van der Waals surface area contributed by atoms with Gasteiger partial charge in [0.2, 0.25) is 0 Å². The quantitative estimate of drug-likeness (QED) is 0.921. The lowest BCUT2D eigenvalue weighted by molar-refractivity contribution is 0.0799. The number of hydrogen-bond acceptors (Lipinski definition) is 3. The van der Waals surface area contributed by atoms with Gasteiger partial charge in [-0.25, -0.2) is 0 Å². The Balaban J connectivity index is 1.58. The summed E-state index contributed by atoms with van der Waals surface area (Å²) in [6.07, 6.45) is 9.67. The summed E-state index contributed by atoms with van der Waals surface area (Å²) in [6.45, 7) is 0. The number of carbonyl (C=O) groups excluding carboxylic acids is 1. The Morgan fingerprint density at radius 2 is 1.69 bits per heavy atom. The van der Waals surface area contributed by atoms with Gasteiger partial charge in [-0.3, -0.25) is 9.59 Å². The van der Waals surface area contributed by atoms with E-state index in [1.807, 2.05) is 30.3 Å². The molecule has 26 heavy (non-hydrogen) atoms. The Hall–Kier alpha value is -2.43. The molecule has 1 aromatic heterocycles. The van der Waals surface area contributed by atoms with Crippen LogP contribution in [0.5, 0.6) is 0 Å². The summed E-state index contributed by atoms with van der Waals surface area (Å²) >= 11 is 0. The van der Waals surface area contributed by atoms with Crippen LogP contribution in [-0.2, 0) is 0 Å². The van der Waals surface area contributed by atoms with Gasteiger partial charge in [-0.05, 0) is 49.3 Å². The van der Waals surface area contributed by atoms with E-state index in [9.17, 15) is 9.59 Å². The number of aromatic nitrogens is 2. The van der Waals surface area contributed by atoms with Crippen LogP contribution in [0.4, 0.5) is 0 Å². The highest BCUT2D eigenvalue weighted by Crippen LogP contribution is 2.49. The number of benzene rings is 1. The Morgan fingerprint density at radius 3 is 2.42 bits per heavy atom. The molecule has 1 aromatic carbocycles. The first-order valence-corrected chi connectivity index (χ1v) is 9.65. The molecule has 0 aliphatic heterocycles. The summed E-state index contributed by atoms with van der Waals surface area (Å²) in [4.78, 5) is 25.0. The monoisotopic (exact) mass is 351 g/mol. The molecule has 0 saturated heterocycles. The van der Waals surface area contributed by atoms with Crippen LogP contribution in [0.15, 0.2) is 47.3 Å². The molecule has 1 unspecified atom stereocenters. The van der Waals surface area contributed by atoms with Crippen LogP contribution in [0.1, 0.15) is 61.9 Å². The van der Waals surface area contributed by atoms with Crippen molar-refractivity contribution in [3.63, 3.8) is 0 Å². The zero-order valence-electron chi connectivity index (χ0n) is 15.0. The normalized spacial score (nSPS) is 21.6. The Bertz CT molecular complexity index is 838. The SMILES string of the molecule is O=C(NC1CCCCC12CCCC2)c1ccc(=O)n(-c2ccccc2)n1. The number of carbonyl (C=O) groups is 1. The van der Waals surface area contributed by atoms with E-state index in [0.717, 1.165) is 6.42 Å². The molecule has 1 amide bonds. The molecule has 2 saturated carbocycles. The summed E-state index contributed by atoms with van der Waals surface area (Å²) in [6, 6.07) is 12.4. The molecular weight excluding hydrogens is 326 g/mol. The molecule has 0 radical (unpaired) electrons. The van der Waals surface area contributed by atoms with Gasteiger partial charge in [0, 0.05) is 12.1 Å². The minimum absolute atomic E-state index is 0.173. The molecule has 4 rings (SSSR count). The van der Waals surface area contributed by atoms with E-state index < -0.39 is 0 Å². The first-order chi connectivity index (χ1) is 12.7. The maximum absolute atomic E-state index is 12.9. The lowest BCUT2D eigenvalue weighted by Gasteiger charge is -2.42. The third-order valence-corrected chi connectivity index (χ3v) is 6.09. The zero-order valence-corrected chi connectivity index (χ0v) is 15.0. The van der Waals surface area contributed by atoms with Crippen molar-refractivity contribution >= 4 is 5.91 Å². The van der Waals surface area contributed by atoms with E-state index in [4.69, 9.17) is 0 Å². The topological polar surface area (TPSA) is 64.0 Å². The number of rotatable bonds is 3. The van der Waals surface area contributed by atoms with Crippen molar-refractivity contribution in [3.05, 3.63) is 58.5 Å². The van der Waals surface area contributed by atoms with Crippen molar-refractivity contribution in [2.24, 2.45) is 5.41 Å². The van der Waals surface area contributed by atoms with Gasteiger partial charge in [0.1, 0.15) is 5.69 Å². The molecular formula is C21H25N3O2. The number of nitrogens with one attached hydrogen (secondary N) is 1. The lowest BCUT2D eigenvalue weighted by atomic mass is 9.69. The van der Waals surface area contributed by atoms with Gasteiger partial charge >= 0.3 is 0 Å². The Kier molecular flexibility index (Phi) is 4.62. The van der Waals surface area contributed by atoms with Crippen molar-refractivity contribution in [2.45, 2.75) is 57.4 Å². The summed E-state index contributed by atoms with van der Waals surface area (Å²) in [5, 5.41) is 7.56. The molecule has 1 atom stereocenters. The van der Waals surface area contributed by atoms with Crippen molar-refractivity contribution in [1.82, 2.24) is 15.1 Å². The molecule has 2 aliphatic rings. The van der Waals surface area contributed by atoms with E-state index in [2.05, 4.69) is 10.4 Å². The first kappa shape index (κ1) is 17.0. The molecule has 2 aliphatic carbocycles. The van der Waals surface area contributed by atoms with Crippen LogP contribution in [-0.4, -0.2) is 21.7 Å². The molecule has 2 fully saturated rings. The van der Waals surface area contributed by atoms with Crippen LogP contribution in [0.25, 0.3) is 5.69 Å². The highest BCUT2D eigenvalue weighted by Gasteiger charge is 2.43. The fourth-order valence-electron chi connectivity index (χ4n) is 4.73. The fourth-order valence-corrected chi connectivity index (χ4v) is 4.73. The Labute approximate surface area is 153 Å². The third kappa shape index (κ3) is 3.18. The molecule has 0 bridgehead atoms. The largest absolute Gasteiger partial charge is 0.347 e. The van der Waals surface area contributed by atoms with Crippen LogP contribution in [0.3, 0.4) is 0 Å². The summed E-state index contributed by atoms with van der Waals surface area (Å²) in [5.41, 5.74) is 1.00. The lowest BCUT2D eigenvalue weighted by Crippen LogP contribution is -2.48. The summed E-state index contributed by atoms with van der Waals surface area (Å²) in [7, 11) is 0. The summed E-state index contributed by atoms with van der Waals surface area (Å²) < 4.78 is 1.29. The van der Waals surface area contributed by atoms with Crippen molar-refractivity contribution < 1.29 is 4.79 Å². The average Bonchev–Trinajstić information content (AvgIpc) is 3.14. The van der Waals surface area contributed by atoms with Crippen LogP contribution >= 0.6 is 0 Å². The predicted octanol–water partition coefficient (Wildman–Crippen LogP) is 3.47. The zero-order chi connectivity index (χ0) is 18.0. The molecule has 5 nitrogen and oxygen atoms in total. The maximum atomic E-state index is 12.9. The molecule has 2 aromatic rings. The minimum Gasteiger partial charge on any atom is -0.347 e. The van der Waals surface area contributed by atoms with Gasteiger partial charge in [-0.2, -0.15) is 9.78 Å². The van der Waals surface area contributed by atoms with Crippen LogP contribution in [0, 0.1) is 5.41 Å². The number of nitrogens with zero attached hydrogens (tertiary/aromatic N) is 2. The molecule has 1 spiro atoms. The van der Waals surface area contributed by atoms with Gasteiger partial charge in [0.25, 0.3) is 11.5 Å². The van der Waals surface area contributed by atoms with Crippen LogP contribution in [0.2, 0.25) is 0 Å². The van der Waals surface area contributed by atoms with Gasteiger partial charge in [-0.1, -0.05) is 43.9 Å². The number of amides is 1. The Morgan fingerprint density at radius 1 is 1.00 bits per heavy atom. The van der Waals surface area contributed by atoms with E-state index in [-0.39, 0.29) is 22.9 Å². The van der Waals surface area contributed by atoms with Crippen molar-refractivity contribution in [2.75, 3.05) is 0 Å². The third-order valence-electron chi connectivity index (χ3n) is 6.09. The minimum atomic E-state index is -0.238. The molecule has 5 heteroatoms. The predicted molar refractivity (Wildman–Crippen MR) is 100 cm³/mol. The molecule has 1 N–H and O–H groups in total. The second-order valence-corrected chi connectivity index (χ2v) is 7.65. The van der Waals surface area contributed by atoms with Crippen molar-refractivity contribution in [3.8, 4) is 5.69 Å². The van der Waals surface area contributed by atoms with E-state index >= 15 is 0 Å². The average molecular weight is 351 g/mol. The second kappa shape index (κ2) is 7.06. The number of para-hydroxylation sites is 1. The highest BCUT2D eigenvalue weighted by molar-refractivity contribution is 5.92. The first-order valence-electron chi connectivity index (χ1n) is 9.65. The second-order valence-electron chi connectivity index (χ2n) is 7.65. The fraction of sp³-hybridized carbons (Fsp3) is 0.476. The standard InChI is InChI=1S/C21H25N3O2/c25-19-12-11-17(23-24(19)16-8-2-1-3-9-16)20(26)22-18-10-4-5-13-21(18)14-6-7-15-21/h1-3,8-9,11-12,18H,4-7,10,13-15H2,(H,22,26). The van der Waals surface area contributed by atoms with Gasteiger partial charge in [-0.15, -0.1) is 0 Å². The van der Waals surface area contributed by atoms with E-state index in [0.29, 0.717) is 11.4 Å². The van der Waals surface area contributed by atoms with E-state index in [1.54, 1.807) is 0 Å². The van der Waals surface area contributed by atoms with Gasteiger partial charge in [0.15, 0.2) is 0 Å². The molecule has 1 heterocycles. The molecule has 136 valence electrons. The van der Waals surface area contributed by atoms with Crippen molar-refractivity contribution in [1.29, 1.82) is 0 Å². The van der Waals surface area contributed by atoms with Gasteiger partial charge in [0.05, 0.1) is 5.69 Å². The van der Waals surface area contributed by atoms with Crippen LogP contribution < -0.4 is 10.9 Å².